The molecule has 2 saturated heterocycles. The van der Waals surface area contributed by atoms with E-state index in [0.29, 0.717) is 12.8 Å². The lowest BCUT2D eigenvalue weighted by atomic mass is 9.87. The number of carbonyl (C=O) groups is 3. The van der Waals surface area contributed by atoms with Crippen molar-refractivity contribution in [2.45, 2.75) is 69.5 Å². The third-order valence-corrected chi connectivity index (χ3v) is 8.97. The van der Waals surface area contributed by atoms with E-state index >= 15 is 0 Å². The Labute approximate surface area is 245 Å². The van der Waals surface area contributed by atoms with E-state index in [4.69, 9.17) is 0 Å². The van der Waals surface area contributed by atoms with E-state index in [1.807, 2.05) is 42.5 Å². The van der Waals surface area contributed by atoms with Gasteiger partial charge in [-0.15, -0.1) is 12.4 Å². The molecule has 39 heavy (non-hydrogen) atoms. The highest BCUT2D eigenvalue weighted by Crippen LogP contribution is 2.31. The van der Waals surface area contributed by atoms with Gasteiger partial charge in [0.2, 0.25) is 5.91 Å². The summed E-state index contributed by atoms with van der Waals surface area (Å²) in [6.07, 6.45) is 7.48. The van der Waals surface area contributed by atoms with Crippen molar-refractivity contribution in [3.8, 4) is 0 Å². The second-order valence-electron chi connectivity index (χ2n) is 11.0. The number of piperidine rings is 1. The molecule has 1 spiro atoms. The first-order valence-corrected chi connectivity index (χ1v) is 14.7. The van der Waals surface area contributed by atoms with Crippen LogP contribution in [0, 0.1) is 5.92 Å². The van der Waals surface area contributed by atoms with Crippen LogP contribution in [0.1, 0.15) is 68.5 Å². The Hall–Kier alpha value is -2.42. The fourth-order valence-electron chi connectivity index (χ4n) is 6.06. The summed E-state index contributed by atoms with van der Waals surface area (Å²) < 4.78 is 0.963. The first-order valence-electron chi connectivity index (χ1n) is 13.9. The lowest BCUT2D eigenvalue weighted by molar-refractivity contribution is -0.133. The molecule has 2 heterocycles. The fraction of sp³-hybridized carbons (Fsp3) is 0.500. The molecule has 210 valence electrons. The molecule has 1 atom stereocenters. The second kappa shape index (κ2) is 13.3. The van der Waals surface area contributed by atoms with E-state index in [1.54, 1.807) is 0 Å². The predicted molar refractivity (Wildman–Crippen MR) is 157 cm³/mol. The van der Waals surface area contributed by atoms with Crippen LogP contribution in [-0.2, 0) is 16.1 Å². The summed E-state index contributed by atoms with van der Waals surface area (Å²) >= 11 is 3.42. The van der Waals surface area contributed by atoms with Gasteiger partial charge in [-0.3, -0.25) is 14.5 Å². The maximum absolute atomic E-state index is 13.4. The molecule has 2 aliphatic heterocycles. The normalized spacial score (nSPS) is 20.4. The lowest BCUT2D eigenvalue weighted by Crippen LogP contribution is -2.55. The summed E-state index contributed by atoms with van der Waals surface area (Å²) in [6.45, 7) is 2.57. The van der Waals surface area contributed by atoms with Gasteiger partial charge in [-0.1, -0.05) is 77.7 Å². The van der Waals surface area contributed by atoms with Crippen molar-refractivity contribution in [1.29, 1.82) is 0 Å². The van der Waals surface area contributed by atoms with Gasteiger partial charge in [0.1, 0.15) is 5.54 Å². The minimum atomic E-state index is -0.809. The van der Waals surface area contributed by atoms with Crippen molar-refractivity contribution >= 4 is 46.2 Å². The summed E-state index contributed by atoms with van der Waals surface area (Å²) in [6, 6.07) is 17.6. The molecule has 2 aromatic carbocycles. The molecular weight excluding hydrogens is 580 g/mol. The third-order valence-electron chi connectivity index (χ3n) is 8.44. The summed E-state index contributed by atoms with van der Waals surface area (Å²) in [5.74, 6) is 0.190. The zero-order chi connectivity index (χ0) is 26.5. The van der Waals surface area contributed by atoms with Crippen molar-refractivity contribution in [2.24, 2.45) is 5.92 Å². The van der Waals surface area contributed by atoms with E-state index in [9.17, 15) is 14.4 Å². The smallest absolute Gasteiger partial charge is 0.325 e. The number of halogens is 2. The standard InChI is InChI=1S/C30H37BrN4O3.ClH/c31-25-13-11-22(12-14-25)21-35-28(37)30(33-29(35)38)16-19-34(20-17-30)18-15-26(23-7-3-1-4-8-23)32-27(36)24-9-5-2-6-10-24;/h1,3-4,7-8,11-14,24,26H,2,5-6,9-10,15-21H2,(H,32,36)(H,33,38);1H/t26-;/m0./s1. The number of nitrogens with zero attached hydrogens (tertiary/aromatic N) is 2. The highest BCUT2D eigenvalue weighted by atomic mass is 79.9. The molecule has 2 N–H and O–H groups in total. The van der Waals surface area contributed by atoms with Gasteiger partial charge < -0.3 is 15.5 Å². The van der Waals surface area contributed by atoms with Crippen molar-refractivity contribution in [3.63, 3.8) is 0 Å². The molecule has 2 aromatic rings. The number of hydrogen-bond acceptors (Lipinski definition) is 4. The Bertz CT molecular complexity index is 1130. The maximum Gasteiger partial charge on any atom is 0.325 e. The average molecular weight is 618 g/mol. The molecule has 0 radical (unpaired) electrons. The number of rotatable bonds is 8. The first-order chi connectivity index (χ1) is 18.4. The first kappa shape index (κ1) is 29.6. The number of nitrogens with one attached hydrogen (secondary N) is 2. The third kappa shape index (κ3) is 7.02. The molecule has 3 fully saturated rings. The Morgan fingerprint density at radius 1 is 1.00 bits per heavy atom. The highest BCUT2D eigenvalue weighted by molar-refractivity contribution is 9.10. The molecule has 0 aromatic heterocycles. The van der Waals surface area contributed by atoms with E-state index in [0.717, 1.165) is 67.3 Å². The van der Waals surface area contributed by atoms with Gasteiger partial charge in [-0.2, -0.15) is 0 Å². The predicted octanol–water partition coefficient (Wildman–Crippen LogP) is 5.59. The van der Waals surface area contributed by atoms with Gasteiger partial charge in [0.15, 0.2) is 0 Å². The topological polar surface area (TPSA) is 81.8 Å². The van der Waals surface area contributed by atoms with Gasteiger partial charge in [0.05, 0.1) is 12.6 Å². The van der Waals surface area contributed by atoms with Crippen LogP contribution in [0.5, 0.6) is 0 Å². The van der Waals surface area contributed by atoms with Gasteiger partial charge in [0.25, 0.3) is 5.91 Å². The number of likely N-dealkylation sites (tertiary alicyclic amines) is 1. The average Bonchev–Trinajstić information content (AvgIpc) is 3.17. The molecule has 9 heteroatoms. The van der Waals surface area contributed by atoms with Gasteiger partial charge >= 0.3 is 6.03 Å². The molecule has 1 saturated carbocycles. The van der Waals surface area contributed by atoms with E-state index < -0.39 is 5.54 Å². The number of benzene rings is 2. The van der Waals surface area contributed by atoms with Crippen LogP contribution >= 0.6 is 28.3 Å². The summed E-state index contributed by atoms with van der Waals surface area (Å²) in [5, 5.41) is 6.37. The van der Waals surface area contributed by atoms with Crippen LogP contribution in [0.25, 0.3) is 0 Å². The molecule has 4 amide bonds. The van der Waals surface area contributed by atoms with Crippen molar-refractivity contribution in [3.05, 3.63) is 70.2 Å². The van der Waals surface area contributed by atoms with Crippen LogP contribution in [0.15, 0.2) is 59.1 Å². The lowest BCUT2D eigenvalue weighted by Gasteiger charge is -2.38. The molecule has 3 aliphatic rings. The van der Waals surface area contributed by atoms with Crippen molar-refractivity contribution < 1.29 is 14.4 Å². The Balaban J connectivity index is 0.00000353. The largest absolute Gasteiger partial charge is 0.349 e. The van der Waals surface area contributed by atoms with E-state index in [2.05, 4.69) is 43.6 Å². The minimum Gasteiger partial charge on any atom is -0.349 e. The Kier molecular flexibility index (Phi) is 10.1. The Morgan fingerprint density at radius 3 is 2.33 bits per heavy atom. The molecule has 0 unspecified atom stereocenters. The van der Waals surface area contributed by atoms with E-state index in [-0.39, 0.29) is 48.8 Å². The summed E-state index contributed by atoms with van der Waals surface area (Å²) in [7, 11) is 0. The Morgan fingerprint density at radius 2 is 1.67 bits per heavy atom. The monoisotopic (exact) mass is 616 g/mol. The quantitative estimate of drug-likeness (QED) is 0.379. The SMILES string of the molecule is Cl.O=C(N[C@@H](CCN1CCC2(CC1)NC(=O)N(Cc1ccc(Br)cc1)C2=O)c1ccccc1)C1CCCCC1. The summed E-state index contributed by atoms with van der Waals surface area (Å²) in [5.41, 5.74) is 1.25. The molecule has 0 bridgehead atoms. The minimum absolute atomic E-state index is 0. The van der Waals surface area contributed by atoms with Gasteiger partial charge in [-0.25, -0.2) is 4.79 Å². The van der Waals surface area contributed by atoms with Gasteiger partial charge in [0, 0.05) is 30.0 Å². The van der Waals surface area contributed by atoms with Crippen LogP contribution in [0.3, 0.4) is 0 Å². The van der Waals surface area contributed by atoms with E-state index in [1.165, 1.54) is 11.3 Å². The molecule has 5 rings (SSSR count). The summed E-state index contributed by atoms with van der Waals surface area (Å²) in [4.78, 5) is 42.9. The van der Waals surface area contributed by atoms with Crippen molar-refractivity contribution in [1.82, 2.24) is 20.4 Å². The van der Waals surface area contributed by atoms with Crippen LogP contribution in [0.2, 0.25) is 0 Å². The fourth-order valence-corrected chi connectivity index (χ4v) is 6.33. The van der Waals surface area contributed by atoms with Crippen LogP contribution in [-0.4, -0.2) is 52.8 Å². The number of hydrogen-bond donors (Lipinski definition) is 2. The number of carbonyl (C=O) groups excluding carboxylic acids is 3. The molecular formula is C30H38BrClN4O3. The van der Waals surface area contributed by atoms with Crippen LogP contribution < -0.4 is 10.6 Å². The number of urea groups is 1. The zero-order valence-corrected chi connectivity index (χ0v) is 24.6. The molecule has 1 aliphatic carbocycles. The maximum atomic E-state index is 13.4. The molecule has 7 nitrogen and oxygen atoms in total. The van der Waals surface area contributed by atoms with Gasteiger partial charge in [-0.05, 0) is 55.4 Å². The van der Waals surface area contributed by atoms with Crippen LogP contribution in [0.4, 0.5) is 4.79 Å². The van der Waals surface area contributed by atoms with Crippen molar-refractivity contribution in [2.75, 3.05) is 19.6 Å². The number of amides is 4. The zero-order valence-electron chi connectivity index (χ0n) is 22.2. The second-order valence-corrected chi connectivity index (χ2v) is 11.9. The highest BCUT2D eigenvalue weighted by Gasteiger charge is 2.52. The number of imide groups is 1.